The van der Waals surface area contributed by atoms with Gasteiger partial charge in [-0.1, -0.05) is 13.0 Å². The molecule has 0 bridgehead atoms. The molecule has 0 aliphatic heterocycles. The number of ether oxygens (including phenoxy) is 1. The monoisotopic (exact) mass is 393 g/mol. The number of benzene rings is 1. The fourth-order valence-electron chi connectivity index (χ4n) is 2.85. The van der Waals surface area contributed by atoms with Gasteiger partial charge in [0.25, 0.3) is 0 Å². The molecule has 0 fully saturated rings. The van der Waals surface area contributed by atoms with Gasteiger partial charge >= 0.3 is 7.60 Å². The molecule has 2 aromatic rings. The van der Waals surface area contributed by atoms with E-state index in [1.54, 1.807) is 33.0 Å². The third-order valence-corrected chi connectivity index (χ3v) is 6.40. The van der Waals surface area contributed by atoms with Crippen LogP contribution in [0.3, 0.4) is 0 Å². The van der Waals surface area contributed by atoms with Gasteiger partial charge in [0.15, 0.2) is 11.5 Å². The molecule has 2 rings (SSSR count). The van der Waals surface area contributed by atoms with Crippen molar-refractivity contribution in [1.29, 1.82) is 0 Å². The first-order valence-corrected chi connectivity index (χ1v) is 10.8. The summed E-state index contributed by atoms with van der Waals surface area (Å²) in [7, 11) is -1.75. The highest BCUT2D eigenvalue weighted by molar-refractivity contribution is 7.53. The van der Waals surface area contributed by atoms with E-state index in [2.05, 4.69) is 4.98 Å². The maximum absolute atomic E-state index is 13.0. The molecule has 27 heavy (non-hydrogen) atoms. The van der Waals surface area contributed by atoms with E-state index in [0.717, 1.165) is 16.8 Å². The van der Waals surface area contributed by atoms with E-state index in [1.165, 1.54) is 7.11 Å². The second kappa shape index (κ2) is 9.36. The molecule has 0 spiro atoms. The number of rotatable bonds is 9. The first-order chi connectivity index (χ1) is 12.8. The van der Waals surface area contributed by atoms with Crippen LogP contribution in [0, 0.1) is 13.8 Å². The van der Waals surface area contributed by atoms with Gasteiger partial charge in [-0.3, -0.25) is 9.55 Å². The molecule has 2 atom stereocenters. The molecule has 0 saturated carbocycles. The van der Waals surface area contributed by atoms with Crippen molar-refractivity contribution in [3.63, 3.8) is 0 Å². The number of aromatic hydroxyl groups is 1. The molecular weight excluding hydrogens is 365 g/mol. The van der Waals surface area contributed by atoms with Crippen LogP contribution >= 0.6 is 7.60 Å². The Morgan fingerprint density at radius 3 is 2.59 bits per heavy atom. The number of hydrogen-bond acceptors (Lipinski definition) is 6. The van der Waals surface area contributed by atoms with Gasteiger partial charge < -0.3 is 18.9 Å². The average molecular weight is 393 g/mol. The lowest BCUT2D eigenvalue weighted by molar-refractivity contribution is 0.151. The topological polar surface area (TPSA) is 77.9 Å². The summed E-state index contributed by atoms with van der Waals surface area (Å²) in [5.41, 5.74) is 3.30. The lowest BCUT2D eigenvalue weighted by atomic mass is 9.98. The Morgan fingerprint density at radius 1 is 1.26 bits per heavy atom. The third kappa shape index (κ3) is 5.32. The van der Waals surface area contributed by atoms with E-state index >= 15 is 0 Å². The standard InChI is InChI=1S/C20H28NO5P/c1-6-25-27(23,7-2)26-18(12-16-9-8-10-21-15(16)4)17-11-14(3)20(22)19(13-17)24-5/h8-11,13,18,22H,6-7,12H2,1-5H3. The molecule has 1 aromatic heterocycles. The Bertz CT molecular complexity index is 824. The summed E-state index contributed by atoms with van der Waals surface area (Å²) in [6, 6.07) is 7.37. The third-order valence-electron chi connectivity index (χ3n) is 4.40. The van der Waals surface area contributed by atoms with Crippen molar-refractivity contribution in [3.05, 3.63) is 52.8 Å². The summed E-state index contributed by atoms with van der Waals surface area (Å²) >= 11 is 0. The number of hydrogen-bond donors (Lipinski definition) is 1. The van der Waals surface area contributed by atoms with Crippen LogP contribution < -0.4 is 4.74 Å². The van der Waals surface area contributed by atoms with Gasteiger partial charge in [0.2, 0.25) is 0 Å². The summed E-state index contributed by atoms with van der Waals surface area (Å²) in [5, 5.41) is 10.1. The first-order valence-electron chi connectivity index (χ1n) is 9.03. The van der Waals surface area contributed by atoms with E-state index in [0.29, 0.717) is 24.3 Å². The molecule has 1 N–H and O–H groups in total. The number of methoxy groups -OCH3 is 1. The van der Waals surface area contributed by atoms with E-state index in [-0.39, 0.29) is 11.9 Å². The predicted molar refractivity (Wildman–Crippen MR) is 106 cm³/mol. The van der Waals surface area contributed by atoms with Crippen LogP contribution in [0.5, 0.6) is 11.5 Å². The maximum atomic E-state index is 13.0. The van der Waals surface area contributed by atoms with Gasteiger partial charge in [-0.2, -0.15) is 0 Å². The van der Waals surface area contributed by atoms with Crippen molar-refractivity contribution < 1.29 is 23.5 Å². The normalized spacial score (nSPS) is 14.6. The lowest BCUT2D eigenvalue weighted by Crippen LogP contribution is -2.11. The maximum Gasteiger partial charge on any atom is 0.330 e. The zero-order valence-corrected chi connectivity index (χ0v) is 17.5. The Kier molecular flexibility index (Phi) is 7.42. The van der Waals surface area contributed by atoms with Crippen LogP contribution in [0.4, 0.5) is 0 Å². The van der Waals surface area contributed by atoms with Gasteiger partial charge in [-0.05, 0) is 55.7 Å². The van der Waals surface area contributed by atoms with Gasteiger partial charge in [0.05, 0.1) is 19.8 Å². The minimum absolute atomic E-state index is 0.0843. The van der Waals surface area contributed by atoms with Crippen LogP contribution in [0.1, 0.15) is 42.3 Å². The van der Waals surface area contributed by atoms with Gasteiger partial charge in [-0.25, -0.2) is 0 Å². The van der Waals surface area contributed by atoms with Crippen LogP contribution in [0.2, 0.25) is 0 Å². The fourth-order valence-corrected chi connectivity index (χ4v) is 4.22. The molecule has 6 nitrogen and oxygen atoms in total. The number of aryl methyl sites for hydroxylation is 2. The van der Waals surface area contributed by atoms with Gasteiger partial charge in [-0.15, -0.1) is 0 Å². The van der Waals surface area contributed by atoms with Crippen molar-refractivity contribution in [3.8, 4) is 11.5 Å². The summed E-state index contributed by atoms with van der Waals surface area (Å²) in [6.07, 6.45) is 1.96. The van der Waals surface area contributed by atoms with Crippen LogP contribution in [-0.4, -0.2) is 30.0 Å². The molecular formula is C20H28NO5P. The fraction of sp³-hybridized carbons (Fsp3) is 0.450. The largest absolute Gasteiger partial charge is 0.504 e. The van der Waals surface area contributed by atoms with Crippen molar-refractivity contribution in [2.75, 3.05) is 19.9 Å². The molecule has 2 unspecified atom stereocenters. The summed E-state index contributed by atoms with van der Waals surface area (Å²) in [6.45, 7) is 7.60. The molecule has 0 aliphatic rings. The molecule has 0 aliphatic carbocycles. The molecule has 1 aromatic carbocycles. The Labute approximate surface area is 161 Å². The van der Waals surface area contributed by atoms with E-state index in [1.807, 2.05) is 25.1 Å². The predicted octanol–water partition coefficient (Wildman–Crippen LogP) is 4.96. The summed E-state index contributed by atoms with van der Waals surface area (Å²) in [5.74, 6) is 0.435. The highest BCUT2D eigenvalue weighted by atomic mass is 31.2. The minimum Gasteiger partial charge on any atom is -0.504 e. The zero-order valence-electron chi connectivity index (χ0n) is 16.6. The van der Waals surface area contributed by atoms with Crippen molar-refractivity contribution in [1.82, 2.24) is 4.98 Å². The Morgan fingerprint density at radius 2 is 2.00 bits per heavy atom. The minimum atomic E-state index is -3.25. The van der Waals surface area contributed by atoms with E-state index in [9.17, 15) is 9.67 Å². The molecule has 0 amide bonds. The van der Waals surface area contributed by atoms with E-state index in [4.69, 9.17) is 13.8 Å². The highest BCUT2D eigenvalue weighted by Crippen LogP contribution is 2.52. The molecule has 148 valence electrons. The average Bonchev–Trinajstić information content (AvgIpc) is 2.65. The molecule has 0 saturated heterocycles. The van der Waals surface area contributed by atoms with Gasteiger partial charge in [0.1, 0.15) is 0 Å². The summed E-state index contributed by atoms with van der Waals surface area (Å²) < 4.78 is 29.8. The van der Waals surface area contributed by atoms with Crippen LogP contribution in [-0.2, 0) is 20.0 Å². The SMILES string of the molecule is CCOP(=O)(CC)OC(Cc1cccnc1C)c1cc(C)c(O)c(OC)c1. The van der Waals surface area contributed by atoms with E-state index < -0.39 is 13.7 Å². The van der Waals surface area contributed by atoms with Crippen LogP contribution in [0.25, 0.3) is 0 Å². The van der Waals surface area contributed by atoms with Crippen LogP contribution in [0.15, 0.2) is 30.5 Å². The summed E-state index contributed by atoms with van der Waals surface area (Å²) in [4.78, 5) is 4.32. The number of phenols is 1. The Balaban J connectivity index is 2.48. The van der Waals surface area contributed by atoms with Crippen molar-refractivity contribution in [2.45, 2.75) is 40.2 Å². The van der Waals surface area contributed by atoms with Crippen molar-refractivity contribution in [2.24, 2.45) is 0 Å². The number of aromatic nitrogens is 1. The highest BCUT2D eigenvalue weighted by Gasteiger charge is 2.29. The first kappa shape index (κ1) is 21.4. The molecule has 1 heterocycles. The number of nitrogens with zero attached hydrogens (tertiary/aromatic N) is 1. The second-order valence-electron chi connectivity index (χ2n) is 6.28. The van der Waals surface area contributed by atoms with Crippen molar-refractivity contribution >= 4 is 7.60 Å². The lowest BCUT2D eigenvalue weighted by Gasteiger charge is -2.25. The number of phenolic OH excluding ortho intramolecular Hbond substituents is 1. The molecule has 0 radical (unpaired) electrons. The van der Waals surface area contributed by atoms with Gasteiger partial charge in [0, 0.05) is 24.5 Å². The smallest absolute Gasteiger partial charge is 0.330 e. The quantitative estimate of drug-likeness (QED) is 0.607. The second-order valence-corrected chi connectivity index (χ2v) is 8.60. The zero-order chi connectivity index (χ0) is 20.0. The number of pyridine rings is 1. The molecule has 7 heteroatoms. The Hall–Kier alpha value is -1.88.